The van der Waals surface area contributed by atoms with Crippen LogP contribution < -0.4 is 0 Å². The van der Waals surface area contributed by atoms with Crippen molar-refractivity contribution in [1.29, 1.82) is 0 Å². The molecule has 1 heterocycles. The van der Waals surface area contributed by atoms with Crippen LogP contribution in [0, 0.1) is 6.92 Å². The first-order chi connectivity index (χ1) is 13.2. The second kappa shape index (κ2) is 8.16. The van der Waals surface area contributed by atoms with Gasteiger partial charge in [0, 0.05) is 16.6 Å². The predicted octanol–water partition coefficient (Wildman–Crippen LogP) is 3.91. The van der Waals surface area contributed by atoms with Gasteiger partial charge in [-0.1, -0.05) is 36.4 Å². The van der Waals surface area contributed by atoms with Crippen LogP contribution >= 0.6 is 0 Å². The summed E-state index contributed by atoms with van der Waals surface area (Å²) in [5.74, 6) is -0.398. The molecule has 1 N–H and O–H groups in total. The predicted molar refractivity (Wildman–Crippen MR) is 108 cm³/mol. The van der Waals surface area contributed by atoms with E-state index in [2.05, 4.69) is 4.98 Å². The van der Waals surface area contributed by atoms with Crippen molar-refractivity contribution in [3.05, 3.63) is 70.9 Å². The molecule has 0 unspecified atom stereocenters. The third-order valence-electron chi connectivity index (χ3n) is 4.50. The summed E-state index contributed by atoms with van der Waals surface area (Å²) >= 11 is 0. The van der Waals surface area contributed by atoms with Crippen LogP contribution in [-0.4, -0.2) is 32.2 Å². The lowest BCUT2D eigenvalue weighted by Gasteiger charge is -2.13. The molecule has 7 heteroatoms. The van der Waals surface area contributed by atoms with Gasteiger partial charge in [0.1, 0.15) is 6.10 Å². The highest BCUT2D eigenvalue weighted by atomic mass is 32.2. The molecule has 1 aromatic heterocycles. The lowest BCUT2D eigenvalue weighted by atomic mass is 10.1. The maximum absolute atomic E-state index is 12.8. The average molecular weight is 401 g/mol. The summed E-state index contributed by atoms with van der Waals surface area (Å²) in [6, 6.07) is 15.2. The molecular formula is C21H23NO5S. The molecule has 1 atom stereocenters. The lowest BCUT2D eigenvalue weighted by molar-refractivity contribution is 0.0339. The first-order valence-electron chi connectivity index (χ1n) is 8.96. The van der Waals surface area contributed by atoms with E-state index in [9.17, 15) is 13.2 Å². The van der Waals surface area contributed by atoms with Crippen molar-refractivity contribution in [3.63, 3.8) is 0 Å². The van der Waals surface area contributed by atoms with E-state index in [-0.39, 0.29) is 12.7 Å². The average Bonchev–Trinajstić information content (AvgIpc) is 2.96. The number of carbonyl (C=O) groups excluding carboxylic acids is 1. The van der Waals surface area contributed by atoms with Crippen LogP contribution in [0.2, 0.25) is 0 Å². The lowest BCUT2D eigenvalue weighted by Crippen LogP contribution is -2.10. The number of esters is 1. The minimum atomic E-state index is -3.47. The van der Waals surface area contributed by atoms with Gasteiger partial charge in [-0.25, -0.2) is 4.79 Å². The van der Waals surface area contributed by atoms with Crippen LogP contribution in [0.25, 0.3) is 10.9 Å². The summed E-state index contributed by atoms with van der Waals surface area (Å²) in [6.07, 6.45) is 1.07. The Morgan fingerprint density at radius 2 is 1.86 bits per heavy atom. The maximum atomic E-state index is 12.8. The number of fused-ring (bicyclic) bond motifs is 1. The molecule has 0 spiro atoms. The van der Waals surface area contributed by atoms with E-state index >= 15 is 0 Å². The van der Waals surface area contributed by atoms with Crippen LogP contribution in [0.1, 0.15) is 40.2 Å². The smallest absolute Gasteiger partial charge is 0.341 e. The Kier molecular flexibility index (Phi) is 5.86. The molecule has 0 saturated heterocycles. The normalized spacial score (nSPS) is 12.8. The van der Waals surface area contributed by atoms with Crippen molar-refractivity contribution in [2.75, 3.05) is 12.9 Å². The molecule has 0 fully saturated rings. The van der Waals surface area contributed by atoms with E-state index in [1.165, 1.54) is 0 Å². The summed E-state index contributed by atoms with van der Waals surface area (Å²) < 4.78 is 32.7. The summed E-state index contributed by atoms with van der Waals surface area (Å²) in [4.78, 5) is 16.0. The fraction of sp³-hybridized carbons (Fsp3) is 0.286. The van der Waals surface area contributed by atoms with E-state index in [0.29, 0.717) is 12.0 Å². The molecule has 28 heavy (non-hydrogen) atoms. The first kappa shape index (κ1) is 20.1. The number of hydrogen-bond donors (Lipinski definition) is 1. The summed E-state index contributed by atoms with van der Waals surface area (Å²) in [6.45, 7) is 3.72. The number of carbonyl (C=O) groups is 1. The number of aromatic amines is 1. The zero-order valence-corrected chi connectivity index (χ0v) is 16.9. The van der Waals surface area contributed by atoms with Gasteiger partial charge in [0.15, 0.2) is 0 Å². The van der Waals surface area contributed by atoms with Crippen LogP contribution in [-0.2, 0) is 25.5 Å². The quantitative estimate of drug-likeness (QED) is 0.479. The highest BCUT2D eigenvalue weighted by Gasteiger charge is 2.20. The van der Waals surface area contributed by atoms with E-state index in [0.717, 1.165) is 34.0 Å². The van der Waals surface area contributed by atoms with Gasteiger partial charge in [-0.2, -0.15) is 8.42 Å². The number of ether oxygens (including phenoxy) is 1. The Morgan fingerprint density at radius 3 is 2.54 bits per heavy atom. The van der Waals surface area contributed by atoms with Gasteiger partial charge in [0.05, 0.1) is 18.4 Å². The van der Waals surface area contributed by atoms with Crippen molar-refractivity contribution in [1.82, 2.24) is 4.98 Å². The molecule has 148 valence electrons. The number of aromatic nitrogens is 1. The zero-order valence-electron chi connectivity index (χ0n) is 16.1. The maximum Gasteiger partial charge on any atom is 0.341 e. The molecule has 0 radical (unpaired) electrons. The molecule has 3 aromatic rings. The van der Waals surface area contributed by atoms with Crippen LogP contribution in [0.5, 0.6) is 0 Å². The highest BCUT2D eigenvalue weighted by Crippen LogP contribution is 2.27. The van der Waals surface area contributed by atoms with Crippen LogP contribution in [0.15, 0.2) is 48.5 Å². The number of nitrogens with one attached hydrogen (secondary N) is 1. The van der Waals surface area contributed by atoms with Crippen LogP contribution in [0.3, 0.4) is 0 Å². The fourth-order valence-corrected chi connectivity index (χ4v) is 3.50. The monoisotopic (exact) mass is 401 g/mol. The number of hydrogen-bond acceptors (Lipinski definition) is 5. The Labute approximate surface area is 164 Å². The summed E-state index contributed by atoms with van der Waals surface area (Å²) in [5.41, 5.74) is 3.84. The number of rotatable bonds is 7. The second-order valence-corrected chi connectivity index (χ2v) is 8.38. The number of benzene rings is 2. The molecule has 0 saturated carbocycles. The SMILES string of the molecule is Cc1[nH]c2ccc(CCOS(C)(=O)=O)cc2c1C(=O)O[C@@H](C)c1ccccc1. The van der Waals surface area contributed by atoms with Gasteiger partial charge in [-0.15, -0.1) is 0 Å². The Balaban J connectivity index is 1.82. The molecule has 3 rings (SSSR count). The van der Waals surface area contributed by atoms with Gasteiger partial charge >= 0.3 is 5.97 Å². The van der Waals surface area contributed by atoms with Crippen LogP contribution in [0.4, 0.5) is 0 Å². The highest BCUT2D eigenvalue weighted by molar-refractivity contribution is 7.85. The van der Waals surface area contributed by atoms with Gasteiger partial charge in [-0.3, -0.25) is 4.18 Å². The molecule has 2 aromatic carbocycles. The number of H-pyrrole nitrogens is 1. The van der Waals surface area contributed by atoms with Gasteiger partial charge in [0.25, 0.3) is 10.1 Å². The molecule has 0 aliphatic heterocycles. The summed E-state index contributed by atoms with van der Waals surface area (Å²) in [7, 11) is -3.47. The third-order valence-corrected chi connectivity index (χ3v) is 5.09. The largest absolute Gasteiger partial charge is 0.454 e. The van der Waals surface area contributed by atoms with Crippen molar-refractivity contribution in [3.8, 4) is 0 Å². The fourth-order valence-electron chi connectivity index (χ4n) is 3.11. The number of aryl methyl sites for hydroxylation is 1. The first-order valence-corrected chi connectivity index (χ1v) is 10.8. The molecule has 0 aliphatic rings. The standard InChI is InChI=1S/C21H23NO5S/c1-14-20(21(23)27-15(2)17-7-5-4-6-8-17)18-13-16(9-10-19(18)22-14)11-12-26-28(3,24)25/h4-10,13,15,22H,11-12H2,1-3H3/t15-/m0/s1. The zero-order chi connectivity index (χ0) is 20.3. The van der Waals surface area contributed by atoms with E-state index in [1.807, 2.05) is 62.4 Å². The minimum Gasteiger partial charge on any atom is -0.454 e. The third kappa shape index (κ3) is 4.79. The Bertz CT molecular complexity index is 1090. The molecular weight excluding hydrogens is 378 g/mol. The molecule has 0 aliphatic carbocycles. The van der Waals surface area contributed by atoms with Crippen molar-refractivity contribution < 1.29 is 22.1 Å². The van der Waals surface area contributed by atoms with Crippen molar-refractivity contribution in [2.24, 2.45) is 0 Å². The van der Waals surface area contributed by atoms with Gasteiger partial charge in [-0.05, 0) is 43.5 Å². The summed E-state index contributed by atoms with van der Waals surface area (Å²) in [5, 5.41) is 0.750. The van der Waals surface area contributed by atoms with Crippen molar-refractivity contribution >= 4 is 27.0 Å². The van der Waals surface area contributed by atoms with E-state index in [4.69, 9.17) is 8.92 Å². The van der Waals surface area contributed by atoms with E-state index < -0.39 is 16.1 Å². The molecule has 0 bridgehead atoms. The van der Waals surface area contributed by atoms with Crippen molar-refractivity contribution in [2.45, 2.75) is 26.4 Å². The minimum absolute atomic E-state index is 0.0541. The Morgan fingerprint density at radius 1 is 1.14 bits per heavy atom. The van der Waals surface area contributed by atoms with Gasteiger partial charge < -0.3 is 9.72 Å². The topological polar surface area (TPSA) is 85.5 Å². The van der Waals surface area contributed by atoms with Gasteiger partial charge in [0.2, 0.25) is 0 Å². The second-order valence-electron chi connectivity index (χ2n) is 6.74. The molecule has 0 amide bonds. The molecule has 6 nitrogen and oxygen atoms in total. The Hall–Kier alpha value is -2.64. The van der Waals surface area contributed by atoms with E-state index in [1.54, 1.807) is 0 Å².